The van der Waals surface area contributed by atoms with E-state index in [4.69, 9.17) is 0 Å². The summed E-state index contributed by atoms with van der Waals surface area (Å²) in [6, 6.07) is 11.1. The van der Waals surface area contributed by atoms with E-state index in [1.54, 1.807) is 0 Å². The van der Waals surface area contributed by atoms with Gasteiger partial charge in [0.2, 0.25) is 0 Å². The fraction of sp³-hybridized carbons (Fsp3) is 0.400. The van der Waals surface area contributed by atoms with Crippen molar-refractivity contribution in [3.8, 4) is 6.07 Å². The minimum absolute atomic E-state index is 0.0349. The van der Waals surface area contributed by atoms with Crippen molar-refractivity contribution >= 4 is 11.7 Å². The first-order valence-corrected chi connectivity index (χ1v) is 9.22. The lowest BCUT2D eigenvalue weighted by Gasteiger charge is -2.32. The lowest BCUT2D eigenvalue weighted by molar-refractivity contribution is 0.0695. The number of benzene rings is 1. The molecular formula is C20H23N5O3. The number of likely N-dealkylation sites (tertiary alicyclic amines) is 1. The van der Waals surface area contributed by atoms with Crippen LogP contribution in [0.15, 0.2) is 39.9 Å². The summed E-state index contributed by atoms with van der Waals surface area (Å²) < 4.78 is 2.21. The summed E-state index contributed by atoms with van der Waals surface area (Å²) in [5.74, 6) is 0.566. The van der Waals surface area contributed by atoms with Crippen LogP contribution in [-0.2, 0) is 14.1 Å². The summed E-state index contributed by atoms with van der Waals surface area (Å²) in [6.07, 6.45) is 1.62. The van der Waals surface area contributed by atoms with Gasteiger partial charge in [0.05, 0.1) is 0 Å². The maximum absolute atomic E-state index is 12.5. The van der Waals surface area contributed by atoms with Crippen molar-refractivity contribution in [2.24, 2.45) is 20.0 Å². The number of nitriles is 1. The Kier molecular flexibility index (Phi) is 5.64. The molecule has 1 aliphatic rings. The topological polar surface area (TPSA) is 100 Å². The Hall–Kier alpha value is -3.34. The smallest absolute Gasteiger partial charge is 0.332 e. The average molecular weight is 381 g/mol. The monoisotopic (exact) mass is 381 g/mol. The number of nitrogens with zero attached hydrogens (tertiary/aromatic N) is 4. The van der Waals surface area contributed by atoms with Gasteiger partial charge >= 0.3 is 5.69 Å². The zero-order chi connectivity index (χ0) is 20.3. The van der Waals surface area contributed by atoms with Crippen molar-refractivity contribution in [2.45, 2.75) is 12.8 Å². The number of aromatic nitrogens is 2. The maximum Gasteiger partial charge on any atom is 0.332 e. The van der Waals surface area contributed by atoms with Gasteiger partial charge in [0.25, 0.3) is 11.5 Å². The first-order chi connectivity index (χ1) is 13.4. The van der Waals surface area contributed by atoms with Crippen LogP contribution in [0, 0.1) is 17.2 Å². The number of hydrogen-bond donors (Lipinski definition) is 1. The highest BCUT2D eigenvalue weighted by molar-refractivity contribution is 5.94. The molecule has 0 spiro atoms. The molecule has 28 heavy (non-hydrogen) atoms. The number of piperidine rings is 1. The molecule has 0 bridgehead atoms. The Balaban J connectivity index is 1.64. The lowest BCUT2D eigenvalue weighted by atomic mass is 9.96. The summed E-state index contributed by atoms with van der Waals surface area (Å²) in [6.45, 7) is 1.84. The molecule has 1 fully saturated rings. The Labute approximate surface area is 162 Å². The number of carbonyl (C=O) groups excluding carboxylic acids is 1. The third kappa shape index (κ3) is 3.69. The third-order valence-electron chi connectivity index (χ3n) is 5.26. The van der Waals surface area contributed by atoms with E-state index >= 15 is 0 Å². The van der Waals surface area contributed by atoms with Crippen molar-refractivity contribution in [3.63, 3.8) is 0 Å². The summed E-state index contributed by atoms with van der Waals surface area (Å²) >= 11 is 0. The van der Waals surface area contributed by atoms with Gasteiger partial charge in [-0.3, -0.25) is 18.7 Å². The zero-order valence-electron chi connectivity index (χ0n) is 16.0. The molecule has 2 heterocycles. The van der Waals surface area contributed by atoms with Crippen molar-refractivity contribution in [1.82, 2.24) is 14.0 Å². The SMILES string of the molecule is Cn1c(NCC2CCN(C(=O)c3ccccc3)CC2)c(C#N)c(=O)n(C)c1=O. The molecule has 1 aromatic heterocycles. The van der Waals surface area contributed by atoms with Crippen molar-refractivity contribution in [1.29, 1.82) is 5.26 Å². The molecule has 1 N–H and O–H groups in total. The minimum Gasteiger partial charge on any atom is -0.370 e. The molecule has 3 rings (SSSR count). The van der Waals surface area contributed by atoms with Crippen LogP contribution >= 0.6 is 0 Å². The van der Waals surface area contributed by atoms with Gasteiger partial charge < -0.3 is 10.2 Å². The van der Waals surface area contributed by atoms with Crippen LogP contribution in [0.3, 0.4) is 0 Å². The van der Waals surface area contributed by atoms with Crippen LogP contribution < -0.4 is 16.6 Å². The van der Waals surface area contributed by atoms with E-state index < -0.39 is 11.2 Å². The second-order valence-electron chi connectivity index (χ2n) is 7.02. The molecule has 8 heteroatoms. The van der Waals surface area contributed by atoms with E-state index in [2.05, 4.69) is 5.32 Å². The molecule has 1 aromatic carbocycles. The van der Waals surface area contributed by atoms with E-state index in [0.717, 1.165) is 17.4 Å². The van der Waals surface area contributed by atoms with Gasteiger partial charge in [-0.15, -0.1) is 0 Å². The molecule has 0 unspecified atom stereocenters. The van der Waals surface area contributed by atoms with Crippen molar-refractivity contribution in [2.75, 3.05) is 25.0 Å². The molecule has 0 radical (unpaired) electrons. The molecule has 0 atom stereocenters. The highest BCUT2D eigenvalue weighted by Crippen LogP contribution is 2.20. The first-order valence-electron chi connectivity index (χ1n) is 9.22. The maximum atomic E-state index is 12.5. The van der Waals surface area contributed by atoms with Gasteiger partial charge in [0, 0.05) is 39.3 Å². The van der Waals surface area contributed by atoms with Crippen LogP contribution in [0.5, 0.6) is 0 Å². The number of carbonyl (C=O) groups is 1. The molecule has 0 saturated carbocycles. The van der Waals surface area contributed by atoms with E-state index in [1.807, 2.05) is 41.3 Å². The van der Waals surface area contributed by atoms with Crippen molar-refractivity contribution in [3.05, 3.63) is 62.3 Å². The minimum atomic E-state index is -0.601. The standard InChI is InChI=1S/C20H23N5O3/c1-23-17(16(12-21)19(27)24(2)20(23)28)22-13-14-8-10-25(11-9-14)18(26)15-6-4-3-5-7-15/h3-7,14,22H,8-11,13H2,1-2H3. The van der Waals surface area contributed by atoms with Gasteiger partial charge in [-0.1, -0.05) is 18.2 Å². The third-order valence-corrected chi connectivity index (χ3v) is 5.26. The number of rotatable bonds is 4. The number of anilines is 1. The molecule has 0 aliphatic carbocycles. The molecule has 1 aliphatic heterocycles. The molecular weight excluding hydrogens is 358 g/mol. The van der Waals surface area contributed by atoms with Crippen molar-refractivity contribution < 1.29 is 4.79 Å². The van der Waals surface area contributed by atoms with E-state index in [1.165, 1.54) is 18.7 Å². The Morgan fingerprint density at radius 1 is 1.14 bits per heavy atom. The molecule has 146 valence electrons. The molecule has 8 nitrogen and oxygen atoms in total. The number of hydrogen-bond acceptors (Lipinski definition) is 5. The van der Waals surface area contributed by atoms with Crippen LogP contribution in [0.2, 0.25) is 0 Å². The van der Waals surface area contributed by atoms with E-state index in [9.17, 15) is 19.6 Å². The van der Waals surface area contributed by atoms with E-state index in [0.29, 0.717) is 25.2 Å². The zero-order valence-corrected chi connectivity index (χ0v) is 16.0. The normalized spacial score (nSPS) is 14.5. The Morgan fingerprint density at radius 2 is 1.79 bits per heavy atom. The lowest BCUT2D eigenvalue weighted by Crippen LogP contribution is -2.42. The van der Waals surface area contributed by atoms with Crippen LogP contribution in [0.1, 0.15) is 28.8 Å². The summed E-state index contributed by atoms with van der Waals surface area (Å²) in [7, 11) is 2.89. The highest BCUT2D eigenvalue weighted by atomic mass is 16.2. The van der Waals surface area contributed by atoms with Gasteiger partial charge in [0.1, 0.15) is 11.9 Å². The van der Waals surface area contributed by atoms with Crippen LogP contribution in [0.4, 0.5) is 5.82 Å². The Morgan fingerprint density at radius 3 is 2.39 bits per heavy atom. The van der Waals surface area contributed by atoms with Gasteiger partial charge in [-0.05, 0) is 30.9 Å². The fourth-order valence-corrected chi connectivity index (χ4v) is 3.50. The summed E-state index contributed by atoms with van der Waals surface area (Å²) in [5, 5.41) is 12.4. The number of nitrogens with one attached hydrogen (secondary N) is 1. The summed E-state index contributed by atoms with van der Waals surface area (Å²) in [4.78, 5) is 38.6. The predicted octanol–water partition coefficient (Wildman–Crippen LogP) is 0.920. The largest absolute Gasteiger partial charge is 0.370 e. The molecule has 1 amide bonds. The van der Waals surface area contributed by atoms with E-state index in [-0.39, 0.29) is 23.2 Å². The van der Waals surface area contributed by atoms with Crippen LogP contribution in [-0.4, -0.2) is 39.6 Å². The Bertz CT molecular complexity index is 1020. The first kappa shape index (κ1) is 19.4. The summed E-state index contributed by atoms with van der Waals surface area (Å²) in [5.41, 5.74) is -0.458. The van der Waals surface area contributed by atoms with Gasteiger partial charge in [0.15, 0.2) is 5.56 Å². The quantitative estimate of drug-likeness (QED) is 0.849. The van der Waals surface area contributed by atoms with Gasteiger partial charge in [-0.25, -0.2) is 4.79 Å². The number of amides is 1. The molecule has 2 aromatic rings. The highest BCUT2D eigenvalue weighted by Gasteiger charge is 2.24. The molecule has 1 saturated heterocycles. The predicted molar refractivity (Wildman–Crippen MR) is 105 cm³/mol. The second-order valence-corrected chi connectivity index (χ2v) is 7.02. The van der Waals surface area contributed by atoms with Gasteiger partial charge in [-0.2, -0.15) is 5.26 Å². The van der Waals surface area contributed by atoms with Crippen LogP contribution in [0.25, 0.3) is 0 Å². The average Bonchev–Trinajstić information content (AvgIpc) is 2.74. The second kappa shape index (κ2) is 8.13. The fourth-order valence-electron chi connectivity index (χ4n) is 3.50.